The van der Waals surface area contributed by atoms with Gasteiger partial charge in [-0.05, 0) is 36.1 Å². The van der Waals surface area contributed by atoms with Crippen LogP contribution in [-0.2, 0) is 14.8 Å². The number of carbonyl (C=O) groups excluding carboxylic acids is 1. The Balaban J connectivity index is 0.00000208. The fourth-order valence-corrected chi connectivity index (χ4v) is 4.24. The van der Waals surface area contributed by atoms with E-state index in [0.717, 1.165) is 38.3 Å². The third kappa shape index (κ3) is 4.24. The Morgan fingerprint density at radius 2 is 1.79 bits per heavy atom. The largest absolute Gasteiger partial charge is 0.342 e. The minimum atomic E-state index is -3.71. The average Bonchev–Trinajstić information content (AvgIpc) is 3.08. The molecule has 2 aliphatic rings. The molecule has 2 saturated heterocycles. The topological polar surface area (TPSA) is 78.5 Å². The number of amides is 1. The van der Waals surface area contributed by atoms with Crippen molar-refractivity contribution in [2.45, 2.75) is 11.3 Å². The molecule has 24 heavy (non-hydrogen) atoms. The smallest absolute Gasteiger partial charge is 0.240 e. The Bertz CT molecular complexity index is 672. The lowest BCUT2D eigenvalue weighted by Crippen LogP contribution is -2.35. The van der Waals surface area contributed by atoms with Gasteiger partial charge in [0.2, 0.25) is 15.9 Å². The third-order valence-corrected chi connectivity index (χ3v) is 5.97. The molecule has 0 aliphatic carbocycles. The van der Waals surface area contributed by atoms with Crippen LogP contribution in [0.25, 0.3) is 0 Å². The maximum Gasteiger partial charge on any atom is 0.240 e. The molecule has 1 aromatic rings. The summed E-state index contributed by atoms with van der Waals surface area (Å²) in [6.07, 6.45) is 0.132. The maximum absolute atomic E-state index is 12.8. The predicted octanol–water partition coefficient (Wildman–Crippen LogP) is 0.594. The summed E-state index contributed by atoms with van der Waals surface area (Å²) in [7, 11) is -3.71. The highest BCUT2D eigenvalue weighted by atomic mass is 35.5. The lowest BCUT2D eigenvalue weighted by Gasteiger charge is -2.17. The van der Waals surface area contributed by atoms with Crippen molar-refractivity contribution in [3.63, 3.8) is 0 Å². The summed E-state index contributed by atoms with van der Waals surface area (Å²) in [5.74, 6) is 0.527. The van der Waals surface area contributed by atoms with E-state index in [9.17, 15) is 17.6 Å². The number of nitrogens with one attached hydrogen (secondary N) is 2. The highest BCUT2D eigenvalue weighted by Crippen LogP contribution is 2.26. The summed E-state index contributed by atoms with van der Waals surface area (Å²) in [5, 5.41) is 3.31. The first-order valence-electron chi connectivity index (χ1n) is 7.69. The minimum absolute atomic E-state index is 0. The molecule has 2 N–H and O–H groups in total. The highest BCUT2D eigenvalue weighted by Gasteiger charge is 2.37. The van der Waals surface area contributed by atoms with Crippen LogP contribution in [0, 0.1) is 17.7 Å². The molecule has 0 spiro atoms. The second-order valence-corrected chi connectivity index (χ2v) is 7.85. The van der Waals surface area contributed by atoms with Crippen LogP contribution in [0.15, 0.2) is 29.2 Å². The van der Waals surface area contributed by atoms with Crippen LogP contribution in [0.4, 0.5) is 4.39 Å². The second-order valence-electron chi connectivity index (χ2n) is 6.08. The summed E-state index contributed by atoms with van der Waals surface area (Å²) >= 11 is 0. The number of carbonyl (C=O) groups is 1. The molecular formula is C15H21ClFN3O3S. The number of hydrogen-bond acceptors (Lipinski definition) is 4. The van der Waals surface area contributed by atoms with Gasteiger partial charge in [0.05, 0.1) is 4.90 Å². The fourth-order valence-electron chi connectivity index (χ4n) is 3.21. The zero-order valence-corrected chi connectivity index (χ0v) is 14.7. The van der Waals surface area contributed by atoms with E-state index in [1.165, 1.54) is 12.1 Å². The Hall–Kier alpha value is -1.22. The van der Waals surface area contributed by atoms with Crippen LogP contribution >= 0.6 is 12.4 Å². The summed E-state index contributed by atoms with van der Waals surface area (Å²) in [6.45, 7) is 3.45. The summed E-state index contributed by atoms with van der Waals surface area (Å²) < 4.78 is 39.3. The normalized spacial score (nSPS) is 23.0. The first-order valence-corrected chi connectivity index (χ1v) is 9.18. The Kier molecular flexibility index (Phi) is 6.19. The van der Waals surface area contributed by atoms with E-state index >= 15 is 0 Å². The van der Waals surface area contributed by atoms with E-state index in [2.05, 4.69) is 10.0 Å². The molecule has 2 aliphatic heterocycles. The van der Waals surface area contributed by atoms with Crippen molar-refractivity contribution in [2.75, 3.05) is 32.7 Å². The molecule has 0 bridgehead atoms. The van der Waals surface area contributed by atoms with Gasteiger partial charge in [0, 0.05) is 39.1 Å². The third-order valence-electron chi connectivity index (χ3n) is 4.50. The Morgan fingerprint density at radius 3 is 2.38 bits per heavy atom. The van der Waals surface area contributed by atoms with Gasteiger partial charge in [-0.3, -0.25) is 4.79 Å². The molecule has 2 heterocycles. The van der Waals surface area contributed by atoms with Gasteiger partial charge in [0.15, 0.2) is 0 Å². The van der Waals surface area contributed by atoms with Crippen molar-refractivity contribution in [1.82, 2.24) is 14.9 Å². The standard InChI is InChI=1S/C15H20FN3O3S.ClH/c16-13-1-3-14(4-2-13)23(21,22)18-6-5-15(20)19-9-11-7-17-8-12(11)10-19;/h1-4,11-12,17-18H,5-10H2;1H/t11-,12+;. The van der Waals surface area contributed by atoms with E-state index in [1.54, 1.807) is 0 Å². The van der Waals surface area contributed by atoms with Crippen LogP contribution in [-0.4, -0.2) is 51.9 Å². The van der Waals surface area contributed by atoms with Crippen molar-refractivity contribution in [3.05, 3.63) is 30.1 Å². The molecule has 134 valence electrons. The molecule has 0 unspecified atom stereocenters. The van der Waals surface area contributed by atoms with E-state index < -0.39 is 15.8 Å². The van der Waals surface area contributed by atoms with Gasteiger partial charge < -0.3 is 10.2 Å². The Morgan fingerprint density at radius 1 is 1.21 bits per heavy atom. The van der Waals surface area contributed by atoms with Gasteiger partial charge in [-0.25, -0.2) is 17.5 Å². The molecule has 0 saturated carbocycles. The molecule has 2 fully saturated rings. The minimum Gasteiger partial charge on any atom is -0.342 e. The van der Waals surface area contributed by atoms with Crippen molar-refractivity contribution in [2.24, 2.45) is 11.8 Å². The lowest BCUT2D eigenvalue weighted by molar-refractivity contribution is -0.130. The van der Waals surface area contributed by atoms with E-state index in [-0.39, 0.29) is 36.2 Å². The zero-order chi connectivity index (χ0) is 16.4. The van der Waals surface area contributed by atoms with Crippen LogP contribution in [0.2, 0.25) is 0 Å². The maximum atomic E-state index is 12.8. The van der Waals surface area contributed by atoms with Crippen molar-refractivity contribution >= 4 is 28.3 Å². The molecule has 0 radical (unpaired) electrons. The van der Waals surface area contributed by atoms with E-state index in [4.69, 9.17) is 0 Å². The van der Waals surface area contributed by atoms with Gasteiger partial charge in [-0.15, -0.1) is 12.4 Å². The molecule has 2 atom stereocenters. The molecule has 1 aromatic carbocycles. The molecular weight excluding hydrogens is 357 g/mol. The number of sulfonamides is 1. The lowest BCUT2D eigenvalue weighted by atomic mass is 10.0. The molecule has 6 nitrogen and oxygen atoms in total. The van der Waals surface area contributed by atoms with Crippen LogP contribution in [0.5, 0.6) is 0 Å². The highest BCUT2D eigenvalue weighted by molar-refractivity contribution is 7.89. The SMILES string of the molecule is Cl.O=C(CCNS(=O)(=O)c1ccc(F)cc1)N1C[C@H]2CNC[C@H]2C1. The molecule has 0 aromatic heterocycles. The number of likely N-dealkylation sites (tertiary alicyclic amines) is 1. The number of benzene rings is 1. The van der Waals surface area contributed by atoms with E-state index in [0.29, 0.717) is 11.8 Å². The summed E-state index contributed by atoms with van der Waals surface area (Å²) in [5.41, 5.74) is 0. The van der Waals surface area contributed by atoms with Gasteiger partial charge in [0.1, 0.15) is 5.82 Å². The van der Waals surface area contributed by atoms with Crippen LogP contribution < -0.4 is 10.0 Å². The number of halogens is 2. The van der Waals surface area contributed by atoms with Crippen LogP contribution in [0.3, 0.4) is 0 Å². The molecule has 3 rings (SSSR count). The van der Waals surface area contributed by atoms with Gasteiger partial charge in [-0.2, -0.15) is 0 Å². The van der Waals surface area contributed by atoms with Crippen molar-refractivity contribution < 1.29 is 17.6 Å². The molecule has 1 amide bonds. The fraction of sp³-hybridized carbons (Fsp3) is 0.533. The van der Waals surface area contributed by atoms with Crippen LogP contribution in [0.1, 0.15) is 6.42 Å². The molecule has 9 heteroatoms. The first-order chi connectivity index (χ1) is 11.0. The number of hydrogen-bond donors (Lipinski definition) is 2. The monoisotopic (exact) mass is 377 g/mol. The van der Waals surface area contributed by atoms with Crippen molar-refractivity contribution in [3.8, 4) is 0 Å². The predicted molar refractivity (Wildman–Crippen MR) is 89.9 cm³/mol. The number of nitrogens with zero attached hydrogens (tertiary/aromatic N) is 1. The zero-order valence-electron chi connectivity index (χ0n) is 13.1. The number of fused-ring (bicyclic) bond motifs is 1. The summed E-state index contributed by atoms with van der Waals surface area (Å²) in [6, 6.07) is 4.59. The van der Waals surface area contributed by atoms with Crippen molar-refractivity contribution in [1.29, 1.82) is 0 Å². The number of rotatable bonds is 5. The van der Waals surface area contributed by atoms with Gasteiger partial charge >= 0.3 is 0 Å². The van der Waals surface area contributed by atoms with Gasteiger partial charge in [0.25, 0.3) is 0 Å². The quantitative estimate of drug-likeness (QED) is 0.787. The Labute approximate surface area is 147 Å². The summed E-state index contributed by atoms with van der Waals surface area (Å²) in [4.78, 5) is 14.0. The van der Waals surface area contributed by atoms with E-state index in [1.807, 2.05) is 4.90 Å². The second kappa shape index (κ2) is 7.77. The average molecular weight is 378 g/mol. The first kappa shape index (κ1) is 19.1. The van der Waals surface area contributed by atoms with Gasteiger partial charge in [-0.1, -0.05) is 0 Å².